The Labute approximate surface area is 92.8 Å². The SMILES string of the molecule is COC(C)(C)CNc1cncc2nnnn12. The van der Waals surface area contributed by atoms with E-state index in [-0.39, 0.29) is 5.60 Å². The first kappa shape index (κ1) is 10.7. The van der Waals surface area contributed by atoms with Crippen molar-refractivity contribution in [1.82, 2.24) is 25.0 Å². The van der Waals surface area contributed by atoms with Crippen LogP contribution in [0.25, 0.3) is 5.65 Å². The molecule has 2 rings (SSSR count). The summed E-state index contributed by atoms with van der Waals surface area (Å²) >= 11 is 0. The van der Waals surface area contributed by atoms with Crippen LogP contribution >= 0.6 is 0 Å². The van der Waals surface area contributed by atoms with E-state index in [1.807, 2.05) is 13.8 Å². The summed E-state index contributed by atoms with van der Waals surface area (Å²) in [5, 5.41) is 14.4. The molecule has 86 valence electrons. The number of nitrogens with zero attached hydrogens (tertiary/aromatic N) is 5. The van der Waals surface area contributed by atoms with E-state index >= 15 is 0 Å². The van der Waals surface area contributed by atoms with Crippen molar-refractivity contribution in [3.8, 4) is 0 Å². The predicted octanol–water partition coefficient (Wildman–Crippen LogP) is 0.356. The van der Waals surface area contributed by atoms with Crippen molar-refractivity contribution in [1.29, 1.82) is 0 Å². The number of methoxy groups -OCH3 is 1. The maximum atomic E-state index is 5.31. The molecule has 0 radical (unpaired) electrons. The van der Waals surface area contributed by atoms with Crippen molar-refractivity contribution in [3.05, 3.63) is 12.4 Å². The lowest BCUT2D eigenvalue weighted by molar-refractivity contribution is 0.0343. The van der Waals surface area contributed by atoms with Crippen LogP contribution in [0.1, 0.15) is 13.8 Å². The molecule has 0 amide bonds. The number of anilines is 1. The van der Waals surface area contributed by atoms with E-state index in [0.29, 0.717) is 12.2 Å². The first-order chi connectivity index (χ1) is 7.62. The molecular formula is C9H14N6O. The van der Waals surface area contributed by atoms with Gasteiger partial charge in [-0.1, -0.05) is 0 Å². The highest BCUT2D eigenvalue weighted by Gasteiger charge is 2.16. The third-order valence-corrected chi connectivity index (χ3v) is 2.36. The molecule has 2 aromatic heterocycles. The van der Waals surface area contributed by atoms with E-state index in [2.05, 4.69) is 25.8 Å². The molecule has 7 heteroatoms. The largest absolute Gasteiger partial charge is 0.377 e. The van der Waals surface area contributed by atoms with Gasteiger partial charge in [0.15, 0.2) is 11.5 Å². The van der Waals surface area contributed by atoms with Crippen LogP contribution in [0.15, 0.2) is 12.4 Å². The Hall–Kier alpha value is -1.76. The molecule has 2 heterocycles. The molecular weight excluding hydrogens is 208 g/mol. The molecule has 0 aliphatic heterocycles. The zero-order chi connectivity index (χ0) is 11.6. The van der Waals surface area contributed by atoms with Crippen LogP contribution in [0, 0.1) is 0 Å². The summed E-state index contributed by atoms with van der Waals surface area (Å²) in [6.07, 6.45) is 3.28. The van der Waals surface area contributed by atoms with E-state index in [0.717, 1.165) is 5.82 Å². The molecule has 0 aromatic carbocycles. The summed E-state index contributed by atoms with van der Waals surface area (Å²) in [7, 11) is 1.68. The van der Waals surface area contributed by atoms with Crippen LogP contribution in [0.3, 0.4) is 0 Å². The fourth-order valence-corrected chi connectivity index (χ4v) is 1.17. The number of tetrazole rings is 1. The Balaban J connectivity index is 2.18. The quantitative estimate of drug-likeness (QED) is 0.804. The summed E-state index contributed by atoms with van der Waals surface area (Å²) in [4.78, 5) is 4.04. The Morgan fingerprint density at radius 1 is 1.44 bits per heavy atom. The van der Waals surface area contributed by atoms with Crippen molar-refractivity contribution in [2.75, 3.05) is 19.0 Å². The fourth-order valence-electron chi connectivity index (χ4n) is 1.17. The van der Waals surface area contributed by atoms with Gasteiger partial charge in [0, 0.05) is 13.7 Å². The highest BCUT2D eigenvalue weighted by atomic mass is 16.5. The third-order valence-electron chi connectivity index (χ3n) is 2.36. The van der Waals surface area contributed by atoms with Crippen LogP contribution in [-0.2, 0) is 4.74 Å². The molecule has 1 N–H and O–H groups in total. The van der Waals surface area contributed by atoms with Gasteiger partial charge in [-0.05, 0) is 24.3 Å². The Morgan fingerprint density at radius 3 is 3.00 bits per heavy atom. The number of nitrogens with one attached hydrogen (secondary N) is 1. The van der Waals surface area contributed by atoms with Crippen molar-refractivity contribution in [3.63, 3.8) is 0 Å². The van der Waals surface area contributed by atoms with Gasteiger partial charge in [-0.2, -0.15) is 4.52 Å². The second-order valence-corrected chi connectivity index (χ2v) is 4.06. The standard InChI is InChI=1S/C9H14N6O/c1-9(2,16-3)6-11-7-4-10-5-8-12-13-14-15(7)8/h4-5,11H,6H2,1-3H3. The van der Waals surface area contributed by atoms with Crippen LogP contribution in [0.2, 0.25) is 0 Å². The first-order valence-corrected chi connectivity index (χ1v) is 4.93. The fraction of sp³-hybridized carbons (Fsp3) is 0.556. The molecule has 16 heavy (non-hydrogen) atoms. The predicted molar refractivity (Wildman–Crippen MR) is 58.2 cm³/mol. The second-order valence-electron chi connectivity index (χ2n) is 4.06. The highest BCUT2D eigenvalue weighted by molar-refractivity contribution is 5.43. The van der Waals surface area contributed by atoms with Gasteiger partial charge in [0.05, 0.1) is 18.0 Å². The molecule has 0 saturated heterocycles. The van der Waals surface area contributed by atoms with Gasteiger partial charge in [0.1, 0.15) is 0 Å². The maximum Gasteiger partial charge on any atom is 0.199 e. The number of fused-ring (bicyclic) bond motifs is 1. The molecule has 0 saturated carbocycles. The normalized spacial score (nSPS) is 11.9. The minimum atomic E-state index is -0.254. The summed E-state index contributed by atoms with van der Waals surface area (Å²) in [5.41, 5.74) is 0.358. The van der Waals surface area contributed by atoms with E-state index in [4.69, 9.17) is 4.74 Å². The van der Waals surface area contributed by atoms with E-state index in [1.54, 1.807) is 24.0 Å². The van der Waals surface area contributed by atoms with Crippen molar-refractivity contribution < 1.29 is 4.74 Å². The Bertz CT molecular complexity index is 480. The molecule has 0 spiro atoms. The molecule has 2 aromatic rings. The molecule has 0 unspecified atom stereocenters. The molecule has 0 bridgehead atoms. The number of aromatic nitrogens is 5. The van der Waals surface area contributed by atoms with Gasteiger partial charge < -0.3 is 10.1 Å². The molecule has 0 atom stereocenters. The van der Waals surface area contributed by atoms with E-state index < -0.39 is 0 Å². The van der Waals surface area contributed by atoms with Gasteiger partial charge in [0.2, 0.25) is 0 Å². The summed E-state index contributed by atoms with van der Waals surface area (Å²) in [6, 6.07) is 0. The highest BCUT2D eigenvalue weighted by Crippen LogP contribution is 2.11. The average molecular weight is 222 g/mol. The lowest BCUT2D eigenvalue weighted by Crippen LogP contribution is -2.32. The monoisotopic (exact) mass is 222 g/mol. The second kappa shape index (κ2) is 4.01. The van der Waals surface area contributed by atoms with Crippen LogP contribution < -0.4 is 5.32 Å². The molecule has 7 nitrogen and oxygen atoms in total. The number of hydrogen-bond acceptors (Lipinski definition) is 6. The molecule has 0 aliphatic carbocycles. The minimum absolute atomic E-state index is 0.254. The first-order valence-electron chi connectivity index (χ1n) is 4.93. The smallest absolute Gasteiger partial charge is 0.199 e. The van der Waals surface area contributed by atoms with Gasteiger partial charge >= 0.3 is 0 Å². The summed E-state index contributed by atoms with van der Waals surface area (Å²) in [6.45, 7) is 4.63. The lowest BCUT2D eigenvalue weighted by atomic mass is 10.1. The van der Waals surface area contributed by atoms with Crippen LogP contribution in [0.4, 0.5) is 5.82 Å². The van der Waals surface area contributed by atoms with Gasteiger partial charge in [-0.25, -0.2) is 0 Å². The number of hydrogen-bond donors (Lipinski definition) is 1. The Kier molecular flexibility index (Phi) is 2.69. The molecule has 0 fully saturated rings. The lowest BCUT2D eigenvalue weighted by Gasteiger charge is -2.23. The van der Waals surface area contributed by atoms with Crippen LogP contribution in [0.5, 0.6) is 0 Å². The Morgan fingerprint density at radius 2 is 2.25 bits per heavy atom. The number of ether oxygens (including phenoxy) is 1. The summed E-state index contributed by atoms with van der Waals surface area (Å²) < 4.78 is 6.91. The van der Waals surface area contributed by atoms with Crippen molar-refractivity contribution in [2.24, 2.45) is 0 Å². The van der Waals surface area contributed by atoms with E-state index in [1.165, 1.54) is 0 Å². The van der Waals surface area contributed by atoms with Gasteiger partial charge in [-0.3, -0.25) is 4.98 Å². The van der Waals surface area contributed by atoms with Crippen molar-refractivity contribution >= 4 is 11.5 Å². The minimum Gasteiger partial charge on any atom is -0.377 e. The van der Waals surface area contributed by atoms with Gasteiger partial charge in [-0.15, -0.1) is 5.10 Å². The zero-order valence-electron chi connectivity index (χ0n) is 9.51. The average Bonchev–Trinajstić information content (AvgIpc) is 2.75. The van der Waals surface area contributed by atoms with Gasteiger partial charge in [0.25, 0.3) is 0 Å². The van der Waals surface area contributed by atoms with E-state index in [9.17, 15) is 0 Å². The van der Waals surface area contributed by atoms with Crippen molar-refractivity contribution in [2.45, 2.75) is 19.4 Å². The maximum absolute atomic E-state index is 5.31. The number of rotatable bonds is 4. The third kappa shape index (κ3) is 2.08. The summed E-state index contributed by atoms with van der Waals surface area (Å²) in [5.74, 6) is 0.743. The zero-order valence-corrected chi connectivity index (χ0v) is 9.51. The molecule has 0 aliphatic rings. The topological polar surface area (TPSA) is 77.2 Å². The van der Waals surface area contributed by atoms with Crippen LogP contribution in [-0.4, -0.2) is 44.3 Å².